The van der Waals surface area contributed by atoms with E-state index in [1.54, 1.807) is 0 Å². The molecule has 4 N–H and O–H groups in total. The van der Waals surface area contributed by atoms with Crippen LogP contribution in [-0.2, 0) is 0 Å². The second kappa shape index (κ2) is 2.32. The van der Waals surface area contributed by atoms with E-state index in [1.165, 1.54) is 12.8 Å². The summed E-state index contributed by atoms with van der Waals surface area (Å²) in [6.45, 7) is 1.58. The molecule has 0 radical (unpaired) electrons. The fraction of sp³-hybridized carbons (Fsp3) is 0.778. The molecule has 2 heteroatoms. The minimum atomic E-state index is 0.291. The van der Waals surface area contributed by atoms with Gasteiger partial charge in [0.2, 0.25) is 0 Å². The predicted molar refractivity (Wildman–Crippen MR) is 45.9 cm³/mol. The number of fused-ring (bicyclic) bond motifs is 2. The van der Waals surface area contributed by atoms with Gasteiger partial charge in [-0.25, -0.2) is 0 Å². The lowest BCUT2D eigenvalue weighted by Crippen LogP contribution is -2.35. The van der Waals surface area contributed by atoms with Crippen LogP contribution in [0.3, 0.4) is 0 Å². The largest absolute Gasteiger partial charge is 0.330 e. The second-order valence-electron chi connectivity index (χ2n) is 3.93. The summed E-state index contributed by atoms with van der Waals surface area (Å²) in [5, 5.41) is 0. The van der Waals surface area contributed by atoms with Gasteiger partial charge in [-0.05, 0) is 31.2 Å². The Morgan fingerprint density at radius 3 is 2.73 bits per heavy atom. The smallest absolute Gasteiger partial charge is 0.00505 e. The summed E-state index contributed by atoms with van der Waals surface area (Å²) in [4.78, 5) is 0. The van der Waals surface area contributed by atoms with Crippen molar-refractivity contribution >= 4 is 0 Å². The molecule has 3 unspecified atom stereocenters. The fourth-order valence-corrected chi connectivity index (χ4v) is 2.67. The highest BCUT2D eigenvalue weighted by Crippen LogP contribution is 2.51. The zero-order valence-corrected chi connectivity index (χ0v) is 6.79. The Hall–Kier alpha value is -0.340. The van der Waals surface area contributed by atoms with Crippen molar-refractivity contribution in [1.82, 2.24) is 0 Å². The molecule has 0 aliphatic heterocycles. The van der Waals surface area contributed by atoms with E-state index >= 15 is 0 Å². The van der Waals surface area contributed by atoms with Gasteiger partial charge in [0.05, 0.1) is 0 Å². The third kappa shape index (κ3) is 0.861. The Bertz CT molecular complexity index is 188. The van der Waals surface area contributed by atoms with Crippen molar-refractivity contribution in [3.63, 3.8) is 0 Å². The van der Waals surface area contributed by atoms with E-state index in [2.05, 4.69) is 12.2 Å². The normalized spacial score (nSPS) is 47.1. The van der Waals surface area contributed by atoms with E-state index < -0.39 is 0 Å². The van der Waals surface area contributed by atoms with Gasteiger partial charge < -0.3 is 11.5 Å². The molecule has 62 valence electrons. The highest BCUT2D eigenvalue weighted by molar-refractivity contribution is 5.19. The van der Waals surface area contributed by atoms with Crippen LogP contribution in [0.2, 0.25) is 0 Å². The van der Waals surface area contributed by atoms with Gasteiger partial charge in [-0.1, -0.05) is 12.2 Å². The standard InChI is InChI=1S/C9H16N2/c10-5-8-3-7-1-2-9(8,4-7)6-11/h1-2,7-8H,3-6,10-11H2. The maximum atomic E-state index is 5.77. The van der Waals surface area contributed by atoms with Gasteiger partial charge in [0.15, 0.2) is 0 Å². The number of nitrogens with two attached hydrogens (primary N) is 2. The highest BCUT2D eigenvalue weighted by Gasteiger charge is 2.46. The Labute approximate surface area is 67.6 Å². The monoisotopic (exact) mass is 152 g/mol. The Morgan fingerprint density at radius 1 is 1.45 bits per heavy atom. The van der Waals surface area contributed by atoms with Crippen molar-refractivity contribution in [3.8, 4) is 0 Å². The minimum Gasteiger partial charge on any atom is -0.330 e. The molecule has 1 saturated carbocycles. The van der Waals surface area contributed by atoms with Crippen LogP contribution in [0.1, 0.15) is 12.8 Å². The zero-order chi connectivity index (χ0) is 7.90. The summed E-state index contributed by atoms with van der Waals surface area (Å²) < 4.78 is 0. The van der Waals surface area contributed by atoms with Gasteiger partial charge in [-0.15, -0.1) is 0 Å². The van der Waals surface area contributed by atoms with Gasteiger partial charge in [0.1, 0.15) is 0 Å². The first-order chi connectivity index (χ1) is 5.30. The van der Waals surface area contributed by atoms with Crippen LogP contribution in [0.4, 0.5) is 0 Å². The van der Waals surface area contributed by atoms with Crippen LogP contribution in [0.25, 0.3) is 0 Å². The molecule has 2 nitrogen and oxygen atoms in total. The topological polar surface area (TPSA) is 52.0 Å². The average Bonchev–Trinajstić information content (AvgIpc) is 2.60. The van der Waals surface area contributed by atoms with Crippen LogP contribution >= 0.6 is 0 Å². The third-order valence-electron chi connectivity index (χ3n) is 3.41. The molecule has 2 aliphatic rings. The summed E-state index contributed by atoms with van der Waals surface area (Å²) in [6, 6.07) is 0. The van der Waals surface area contributed by atoms with E-state index in [0.717, 1.165) is 19.0 Å². The third-order valence-corrected chi connectivity index (χ3v) is 3.41. The first-order valence-electron chi connectivity index (χ1n) is 4.40. The predicted octanol–water partition coefficient (Wildman–Crippen LogP) is 0.486. The maximum absolute atomic E-state index is 5.77. The summed E-state index contributed by atoms with van der Waals surface area (Å²) in [5.74, 6) is 1.44. The van der Waals surface area contributed by atoms with Crippen molar-refractivity contribution < 1.29 is 0 Å². The van der Waals surface area contributed by atoms with E-state index in [9.17, 15) is 0 Å². The van der Waals surface area contributed by atoms with Crippen molar-refractivity contribution in [1.29, 1.82) is 0 Å². The van der Waals surface area contributed by atoms with Crippen LogP contribution in [0.5, 0.6) is 0 Å². The summed E-state index contributed by atoms with van der Waals surface area (Å²) in [5.41, 5.74) is 11.7. The van der Waals surface area contributed by atoms with E-state index in [1.807, 2.05) is 0 Å². The number of rotatable bonds is 2. The molecule has 1 fully saturated rings. The van der Waals surface area contributed by atoms with Crippen LogP contribution in [0.15, 0.2) is 12.2 Å². The van der Waals surface area contributed by atoms with Crippen LogP contribution in [0, 0.1) is 17.3 Å². The maximum Gasteiger partial charge on any atom is 0.00505 e. The minimum absolute atomic E-state index is 0.291. The molecule has 2 aliphatic carbocycles. The van der Waals surface area contributed by atoms with Gasteiger partial charge in [0, 0.05) is 12.0 Å². The van der Waals surface area contributed by atoms with Crippen molar-refractivity contribution in [3.05, 3.63) is 12.2 Å². The van der Waals surface area contributed by atoms with E-state index in [-0.39, 0.29) is 0 Å². The lowest BCUT2D eigenvalue weighted by atomic mass is 9.78. The fourth-order valence-electron chi connectivity index (χ4n) is 2.67. The molecular formula is C9H16N2. The lowest BCUT2D eigenvalue weighted by molar-refractivity contribution is 0.294. The molecular weight excluding hydrogens is 136 g/mol. The summed E-state index contributed by atoms with van der Waals surface area (Å²) in [6.07, 6.45) is 7.15. The molecule has 2 bridgehead atoms. The first kappa shape index (κ1) is 7.32. The number of hydrogen-bond acceptors (Lipinski definition) is 2. The van der Waals surface area contributed by atoms with Crippen molar-refractivity contribution in [2.75, 3.05) is 13.1 Å². The lowest BCUT2D eigenvalue weighted by Gasteiger charge is -2.29. The molecule has 0 saturated heterocycles. The molecule has 0 heterocycles. The second-order valence-corrected chi connectivity index (χ2v) is 3.93. The number of allylic oxidation sites excluding steroid dienone is 1. The van der Waals surface area contributed by atoms with E-state index in [4.69, 9.17) is 11.5 Å². The molecule has 11 heavy (non-hydrogen) atoms. The van der Waals surface area contributed by atoms with Gasteiger partial charge >= 0.3 is 0 Å². The molecule has 0 amide bonds. The Kier molecular flexibility index (Phi) is 1.55. The Balaban J connectivity index is 2.22. The quantitative estimate of drug-likeness (QED) is 0.566. The molecule has 0 aromatic rings. The Morgan fingerprint density at radius 2 is 2.27 bits per heavy atom. The van der Waals surface area contributed by atoms with Crippen LogP contribution in [-0.4, -0.2) is 13.1 Å². The number of hydrogen-bond donors (Lipinski definition) is 2. The molecule has 3 atom stereocenters. The highest BCUT2D eigenvalue weighted by atomic mass is 14.7. The van der Waals surface area contributed by atoms with Gasteiger partial charge in [-0.2, -0.15) is 0 Å². The average molecular weight is 152 g/mol. The van der Waals surface area contributed by atoms with Crippen LogP contribution < -0.4 is 11.5 Å². The van der Waals surface area contributed by atoms with Crippen molar-refractivity contribution in [2.45, 2.75) is 12.8 Å². The van der Waals surface area contributed by atoms with Crippen molar-refractivity contribution in [2.24, 2.45) is 28.7 Å². The molecule has 0 aromatic carbocycles. The first-order valence-corrected chi connectivity index (χ1v) is 4.40. The summed E-state index contributed by atoms with van der Waals surface area (Å²) >= 11 is 0. The SMILES string of the molecule is NCC1CC2C=CC1(CN)C2. The van der Waals surface area contributed by atoms with E-state index in [0.29, 0.717) is 11.3 Å². The van der Waals surface area contributed by atoms with Gasteiger partial charge in [0.25, 0.3) is 0 Å². The molecule has 0 spiro atoms. The zero-order valence-electron chi connectivity index (χ0n) is 6.79. The summed E-state index contributed by atoms with van der Waals surface area (Å²) in [7, 11) is 0. The molecule has 0 aromatic heterocycles. The molecule has 2 rings (SSSR count). The van der Waals surface area contributed by atoms with Gasteiger partial charge in [-0.3, -0.25) is 0 Å².